The fourth-order valence-electron chi connectivity index (χ4n) is 16.5. The molecule has 3 amide bonds. The van der Waals surface area contributed by atoms with Crippen molar-refractivity contribution in [1.82, 2.24) is 16.0 Å². The van der Waals surface area contributed by atoms with Crippen molar-refractivity contribution in [3.8, 4) is 0 Å². The van der Waals surface area contributed by atoms with E-state index in [0.717, 1.165) is 65.2 Å². The van der Waals surface area contributed by atoms with Gasteiger partial charge in [-0.1, -0.05) is 231 Å². The summed E-state index contributed by atoms with van der Waals surface area (Å²) < 4.78 is 71.4. The van der Waals surface area contributed by atoms with Gasteiger partial charge in [-0.05, 0) is 19.3 Å². The van der Waals surface area contributed by atoms with Crippen molar-refractivity contribution in [3.63, 3.8) is 0 Å². The van der Waals surface area contributed by atoms with E-state index in [-0.39, 0.29) is 12.3 Å². The molecule has 21 N–H and O–H groups in total. The molecule has 0 aromatic heterocycles. The number of hydrogen-bond donors (Lipinski definition) is 21. The summed E-state index contributed by atoms with van der Waals surface area (Å²) >= 11 is 0. The van der Waals surface area contributed by atoms with Crippen LogP contribution in [-0.4, -0.2) is 352 Å². The minimum atomic E-state index is -2.30. The Morgan fingerprint density at radius 3 is 0.975 bits per heavy atom. The van der Waals surface area contributed by atoms with Crippen molar-refractivity contribution in [3.05, 3.63) is 12.2 Å². The maximum absolute atomic E-state index is 13.6. The van der Waals surface area contributed by atoms with E-state index in [1.165, 1.54) is 161 Å². The van der Waals surface area contributed by atoms with Crippen LogP contribution in [-0.2, 0) is 71.2 Å². The molecule has 6 aliphatic rings. The normalized spacial score (nSPS) is 35.5. The third-order valence-electron chi connectivity index (χ3n) is 23.7. The molecule has 12 unspecified atom stereocenters. The zero-order valence-electron chi connectivity index (χ0n) is 71.2. The summed E-state index contributed by atoms with van der Waals surface area (Å²) in [6.45, 7) is 0.0111. The van der Waals surface area contributed by atoms with E-state index in [0.29, 0.717) is 12.8 Å². The highest BCUT2D eigenvalue weighted by Gasteiger charge is 2.59. The first-order valence-electron chi connectivity index (χ1n) is 45.0. The average molecular weight is 1730 g/mol. The number of unbranched alkanes of at least 4 members (excludes halogenated alkanes) is 33. The number of nitrogens with one attached hydrogen (secondary N) is 3. The standard InChI is InChI=1S/C84H153N3O33/c1-5-7-9-11-13-15-17-19-20-21-22-23-24-25-26-27-28-30-32-34-36-38-40-42-60(97)87-52(53(96)41-39-37-35-33-31-29-18-16-14-12-10-8-6-2)49-109-81-71(106)69(104)74(59(48-93)115-81)116-83-72(107)77(66(101)57(46-91)113-83)119-80-62(86-51(4)95)76(65(100)56(45-90)111-80)118-84-73(108)78(67(102)58(47-92)114-84)120-79-61(85-50(3)94)75(64(99)55(44-89)110-79)117-82-70(105)68(103)63(98)54(43-88)112-82/h39,41,52-59,61-84,88-93,96,98-108H,5-38,40,42-49H2,1-4H3,(H,85,94)(H,86,95)(H,87,97)/b41-39+/t52-,53+,54?,55?,56?,57?,58?,59?,61?,62?,63-,64+,65+,66-,67-,68-,69+,70?,71?,72?,73?,74+,75+,76+,77-,78-,79-,80-,81+,82-,83-,84-/m0/s1. The third-order valence-corrected chi connectivity index (χ3v) is 23.7. The van der Waals surface area contributed by atoms with Crippen LogP contribution in [0.5, 0.6) is 0 Å². The van der Waals surface area contributed by atoms with Crippen LogP contribution >= 0.6 is 0 Å². The van der Waals surface area contributed by atoms with Gasteiger partial charge in [0.2, 0.25) is 17.7 Å². The van der Waals surface area contributed by atoms with Gasteiger partial charge in [-0.2, -0.15) is 0 Å². The summed E-state index contributed by atoms with van der Waals surface area (Å²) in [6.07, 6.45) is -10.3. The minimum absolute atomic E-state index is 0.171. The summed E-state index contributed by atoms with van der Waals surface area (Å²) in [5, 5.41) is 209. The molecule has 0 aliphatic carbocycles. The molecular weight excluding hydrogens is 1580 g/mol. The Balaban J connectivity index is 1.08. The maximum Gasteiger partial charge on any atom is 0.220 e. The Labute approximate surface area is 707 Å². The first-order chi connectivity index (χ1) is 57.8. The van der Waals surface area contributed by atoms with Crippen molar-refractivity contribution in [2.45, 2.75) is 455 Å². The van der Waals surface area contributed by atoms with Crippen molar-refractivity contribution in [2.75, 3.05) is 46.2 Å². The lowest BCUT2D eigenvalue weighted by molar-refractivity contribution is -0.386. The molecule has 32 atom stereocenters. The van der Waals surface area contributed by atoms with Crippen LogP contribution < -0.4 is 16.0 Å². The lowest BCUT2D eigenvalue weighted by Gasteiger charge is -2.51. The van der Waals surface area contributed by atoms with Gasteiger partial charge >= 0.3 is 0 Å². The molecule has 36 nitrogen and oxygen atoms in total. The number of amides is 3. The van der Waals surface area contributed by atoms with Crippen LogP contribution in [0.3, 0.4) is 0 Å². The van der Waals surface area contributed by atoms with E-state index >= 15 is 0 Å². The molecule has 6 heterocycles. The molecule has 36 heteroatoms. The molecule has 0 spiro atoms. The molecule has 6 fully saturated rings. The first kappa shape index (κ1) is 106. The number of hydrogen-bond acceptors (Lipinski definition) is 33. The fourth-order valence-corrected chi connectivity index (χ4v) is 16.5. The van der Waals surface area contributed by atoms with Gasteiger partial charge in [-0.15, -0.1) is 0 Å². The van der Waals surface area contributed by atoms with Gasteiger partial charge in [0.1, 0.15) is 146 Å². The van der Waals surface area contributed by atoms with E-state index in [1.807, 2.05) is 6.08 Å². The lowest BCUT2D eigenvalue weighted by Crippen LogP contribution is -2.71. The zero-order valence-corrected chi connectivity index (χ0v) is 71.2. The number of carbonyl (C=O) groups excluding carboxylic acids is 3. The van der Waals surface area contributed by atoms with E-state index in [2.05, 4.69) is 29.8 Å². The van der Waals surface area contributed by atoms with Crippen LogP contribution in [0.25, 0.3) is 0 Å². The number of carbonyl (C=O) groups is 3. The quantitative estimate of drug-likeness (QED) is 0.0294. The molecule has 702 valence electrons. The second-order valence-electron chi connectivity index (χ2n) is 33.5. The second-order valence-corrected chi connectivity index (χ2v) is 33.5. The van der Waals surface area contributed by atoms with Gasteiger partial charge in [0.15, 0.2) is 37.7 Å². The van der Waals surface area contributed by atoms with Gasteiger partial charge in [0, 0.05) is 20.3 Å². The monoisotopic (exact) mass is 1730 g/mol. The molecule has 6 saturated heterocycles. The first-order valence-corrected chi connectivity index (χ1v) is 45.0. The summed E-state index contributed by atoms with van der Waals surface area (Å²) in [7, 11) is 0. The highest BCUT2D eigenvalue weighted by atomic mass is 16.8. The molecule has 0 radical (unpaired) electrons. The molecule has 0 aromatic carbocycles. The number of aliphatic hydroxyl groups excluding tert-OH is 18. The van der Waals surface area contributed by atoms with E-state index in [9.17, 15) is 106 Å². The molecule has 6 rings (SSSR count). The van der Waals surface area contributed by atoms with Crippen molar-refractivity contribution < 1.29 is 163 Å². The number of aliphatic hydroxyl groups is 18. The Bertz CT molecular complexity index is 2740. The van der Waals surface area contributed by atoms with Gasteiger partial charge in [0.05, 0.1) is 58.4 Å². The van der Waals surface area contributed by atoms with Crippen molar-refractivity contribution >= 4 is 17.7 Å². The average Bonchev–Trinajstić information content (AvgIpc) is 0.765. The number of allylic oxidation sites excluding steroid dienone is 1. The van der Waals surface area contributed by atoms with Gasteiger partial charge < -0.3 is 165 Å². The second kappa shape index (κ2) is 58.4. The predicted octanol–water partition coefficient (Wildman–Crippen LogP) is 0.697. The predicted molar refractivity (Wildman–Crippen MR) is 431 cm³/mol. The van der Waals surface area contributed by atoms with Crippen molar-refractivity contribution in [1.29, 1.82) is 0 Å². The summed E-state index contributed by atoms with van der Waals surface area (Å²) in [4.78, 5) is 39.6. The minimum Gasteiger partial charge on any atom is -0.394 e. The van der Waals surface area contributed by atoms with Gasteiger partial charge in [-0.3, -0.25) is 14.4 Å². The van der Waals surface area contributed by atoms with E-state index < -0.39 is 254 Å². The molecule has 0 saturated carbocycles. The molecule has 0 bridgehead atoms. The number of ether oxygens (including phenoxy) is 12. The zero-order chi connectivity index (χ0) is 87.6. The number of rotatable bonds is 60. The molecule has 0 aromatic rings. The Morgan fingerprint density at radius 1 is 0.325 bits per heavy atom. The Kier molecular flexibility index (Phi) is 51.5. The largest absolute Gasteiger partial charge is 0.394 e. The summed E-state index contributed by atoms with van der Waals surface area (Å²) in [6, 6.07) is -4.71. The summed E-state index contributed by atoms with van der Waals surface area (Å²) in [5.74, 6) is -2.09. The Hall–Kier alpha value is -3.05. The van der Waals surface area contributed by atoms with Gasteiger partial charge in [-0.25, -0.2) is 0 Å². The van der Waals surface area contributed by atoms with Crippen LogP contribution in [0.2, 0.25) is 0 Å². The van der Waals surface area contributed by atoms with Crippen LogP contribution in [0.15, 0.2) is 12.2 Å². The lowest BCUT2D eigenvalue weighted by atomic mass is 9.93. The van der Waals surface area contributed by atoms with Gasteiger partial charge in [0.25, 0.3) is 0 Å². The highest BCUT2D eigenvalue weighted by molar-refractivity contribution is 5.76. The fraction of sp³-hybridized carbons (Fsp3) is 0.940. The molecular formula is C84H153N3O33. The third kappa shape index (κ3) is 33.9. The van der Waals surface area contributed by atoms with Crippen LogP contribution in [0, 0.1) is 0 Å². The topological polar surface area (TPSA) is 562 Å². The SMILES string of the molecule is CCCCCCCCCCCCC/C=C/[C@@H](O)[C@H](CO[C@@H]1OC(CO)[C@@H](O[C@@H]2OC(CO)[C@H](O)[C@H](O[C@@H]3OC(CO)[C@@H](O)[C@H](O[C@@H]4OC(CO)[C@H](O)[C@H](O[C@@H]5OC(CO)[C@@H](O)[C@H](O[C@@H]6OC(CO)[C@H](O)[C@H](O)C6O)C5NC(C)=O)C4O)C3NC(C)=O)C2O)[C@H](O)C1O)NC(=O)CCCCCCCCCCCCCCCCCCCCCCCCC. The maximum atomic E-state index is 13.6. The molecule has 120 heavy (non-hydrogen) atoms. The highest BCUT2D eigenvalue weighted by Crippen LogP contribution is 2.38. The molecule has 6 aliphatic heterocycles. The van der Waals surface area contributed by atoms with Crippen LogP contribution in [0.4, 0.5) is 0 Å². The van der Waals surface area contributed by atoms with Crippen LogP contribution in [0.1, 0.15) is 259 Å². The smallest absolute Gasteiger partial charge is 0.220 e. The van der Waals surface area contributed by atoms with E-state index in [4.69, 9.17) is 56.8 Å². The van der Waals surface area contributed by atoms with Crippen molar-refractivity contribution in [2.24, 2.45) is 0 Å². The summed E-state index contributed by atoms with van der Waals surface area (Å²) in [5.41, 5.74) is 0. The van der Waals surface area contributed by atoms with E-state index in [1.54, 1.807) is 6.08 Å². The Morgan fingerprint density at radius 2 is 0.617 bits per heavy atom.